The summed E-state index contributed by atoms with van der Waals surface area (Å²) in [4.78, 5) is 4.22. The normalized spacial score (nSPS) is 11.1. The predicted octanol–water partition coefficient (Wildman–Crippen LogP) is 3.46. The van der Waals surface area contributed by atoms with Gasteiger partial charge >= 0.3 is 0 Å². The van der Waals surface area contributed by atoms with Crippen LogP contribution in [0.2, 0.25) is 0 Å². The van der Waals surface area contributed by atoms with Gasteiger partial charge in [0.05, 0.1) is 18.2 Å². The van der Waals surface area contributed by atoms with Gasteiger partial charge in [-0.05, 0) is 32.9 Å². The number of hydrogen-bond donors (Lipinski definition) is 1. The highest BCUT2D eigenvalue weighted by molar-refractivity contribution is 5.40. The number of nitrogens with zero attached hydrogens (tertiary/aromatic N) is 2. The molecule has 0 atom stereocenters. The maximum Gasteiger partial charge on any atom is 0.130 e. The average molecular weight is 287 g/mol. The molecule has 2 aromatic rings. The SMILES string of the molecule is CCNCc1cccc(C)c1OCc1cncn1C(C)C. The minimum atomic E-state index is 0.393. The number of benzene rings is 1. The molecule has 0 saturated carbocycles. The number of aryl methyl sites for hydroxylation is 1. The Hall–Kier alpha value is -1.81. The summed E-state index contributed by atoms with van der Waals surface area (Å²) in [5, 5.41) is 3.36. The predicted molar refractivity (Wildman–Crippen MR) is 85.5 cm³/mol. The van der Waals surface area contributed by atoms with E-state index in [9.17, 15) is 0 Å². The third-order valence-electron chi connectivity index (χ3n) is 3.53. The van der Waals surface area contributed by atoms with Crippen molar-refractivity contribution in [1.82, 2.24) is 14.9 Å². The maximum atomic E-state index is 6.10. The quantitative estimate of drug-likeness (QED) is 0.847. The molecule has 2 rings (SSSR count). The highest BCUT2D eigenvalue weighted by atomic mass is 16.5. The molecule has 114 valence electrons. The number of imidazole rings is 1. The summed E-state index contributed by atoms with van der Waals surface area (Å²) in [6, 6.07) is 6.67. The van der Waals surface area contributed by atoms with E-state index in [-0.39, 0.29) is 0 Å². The average Bonchev–Trinajstić information content (AvgIpc) is 2.92. The lowest BCUT2D eigenvalue weighted by atomic mass is 10.1. The Balaban J connectivity index is 2.13. The number of rotatable bonds is 7. The molecule has 0 amide bonds. The van der Waals surface area contributed by atoms with Crippen LogP contribution in [0.25, 0.3) is 0 Å². The number of para-hydroxylation sites is 1. The van der Waals surface area contributed by atoms with Crippen molar-refractivity contribution in [3.8, 4) is 5.75 Å². The van der Waals surface area contributed by atoms with Crippen LogP contribution in [0.3, 0.4) is 0 Å². The van der Waals surface area contributed by atoms with Crippen LogP contribution < -0.4 is 10.1 Å². The third-order valence-corrected chi connectivity index (χ3v) is 3.53. The molecule has 1 heterocycles. The Bertz CT molecular complexity index is 575. The van der Waals surface area contributed by atoms with E-state index in [1.54, 1.807) is 0 Å². The molecule has 0 saturated heterocycles. The zero-order valence-electron chi connectivity index (χ0n) is 13.4. The minimum absolute atomic E-state index is 0.393. The van der Waals surface area contributed by atoms with Crippen molar-refractivity contribution in [2.45, 2.75) is 46.9 Å². The lowest BCUT2D eigenvalue weighted by Gasteiger charge is -2.16. The maximum absolute atomic E-state index is 6.10. The van der Waals surface area contributed by atoms with Crippen molar-refractivity contribution in [2.75, 3.05) is 6.54 Å². The lowest BCUT2D eigenvalue weighted by molar-refractivity contribution is 0.286. The molecular formula is C17H25N3O. The summed E-state index contributed by atoms with van der Waals surface area (Å²) in [5.74, 6) is 0.981. The fourth-order valence-electron chi connectivity index (χ4n) is 2.37. The van der Waals surface area contributed by atoms with E-state index in [2.05, 4.69) is 60.8 Å². The van der Waals surface area contributed by atoms with Gasteiger partial charge in [0, 0.05) is 18.2 Å². The largest absolute Gasteiger partial charge is 0.487 e. The first-order valence-electron chi connectivity index (χ1n) is 7.56. The van der Waals surface area contributed by atoms with E-state index in [1.807, 2.05) is 12.5 Å². The third kappa shape index (κ3) is 3.85. The lowest BCUT2D eigenvalue weighted by Crippen LogP contribution is -2.14. The van der Waals surface area contributed by atoms with Crippen LogP contribution in [0, 0.1) is 6.92 Å². The molecule has 0 radical (unpaired) electrons. The summed E-state index contributed by atoms with van der Waals surface area (Å²) in [6.07, 6.45) is 3.74. The van der Waals surface area contributed by atoms with Crippen LogP contribution in [0.4, 0.5) is 0 Å². The zero-order chi connectivity index (χ0) is 15.2. The molecule has 4 nitrogen and oxygen atoms in total. The molecule has 1 aromatic carbocycles. The van der Waals surface area contributed by atoms with Crippen molar-refractivity contribution in [1.29, 1.82) is 0 Å². The second kappa shape index (κ2) is 7.27. The highest BCUT2D eigenvalue weighted by Crippen LogP contribution is 2.24. The van der Waals surface area contributed by atoms with Gasteiger partial charge in [-0.3, -0.25) is 0 Å². The smallest absolute Gasteiger partial charge is 0.130 e. The molecular weight excluding hydrogens is 262 g/mol. The monoisotopic (exact) mass is 287 g/mol. The molecule has 0 aliphatic heterocycles. The van der Waals surface area contributed by atoms with Gasteiger partial charge in [-0.15, -0.1) is 0 Å². The molecule has 0 spiro atoms. The van der Waals surface area contributed by atoms with Crippen molar-refractivity contribution in [3.05, 3.63) is 47.5 Å². The first-order valence-corrected chi connectivity index (χ1v) is 7.56. The molecule has 4 heteroatoms. The van der Waals surface area contributed by atoms with Crippen molar-refractivity contribution < 1.29 is 4.74 Å². The molecule has 21 heavy (non-hydrogen) atoms. The van der Waals surface area contributed by atoms with E-state index in [4.69, 9.17) is 4.74 Å². The Labute approximate surface area is 127 Å². The van der Waals surface area contributed by atoms with E-state index < -0.39 is 0 Å². The van der Waals surface area contributed by atoms with Crippen LogP contribution in [0.15, 0.2) is 30.7 Å². The summed E-state index contributed by atoms with van der Waals surface area (Å²) in [5.41, 5.74) is 3.47. The Morgan fingerprint density at radius 3 is 2.86 bits per heavy atom. The van der Waals surface area contributed by atoms with E-state index >= 15 is 0 Å². The van der Waals surface area contributed by atoms with Crippen molar-refractivity contribution >= 4 is 0 Å². The number of ether oxygens (including phenoxy) is 1. The van der Waals surface area contributed by atoms with Crippen LogP contribution in [-0.4, -0.2) is 16.1 Å². The van der Waals surface area contributed by atoms with Gasteiger partial charge in [0.1, 0.15) is 12.4 Å². The molecule has 0 aliphatic rings. The van der Waals surface area contributed by atoms with Gasteiger partial charge in [-0.25, -0.2) is 4.98 Å². The van der Waals surface area contributed by atoms with E-state index in [0.29, 0.717) is 12.6 Å². The van der Waals surface area contributed by atoms with Crippen molar-refractivity contribution in [2.24, 2.45) is 0 Å². The molecule has 0 unspecified atom stereocenters. The fourth-order valence-corrected chi connectivity index (χ4v) is 2.37. The minimum Gasteiger partial charge on any atom is -0.487 e. The molecule has 1 aromatic heterocycles. The standard InChI is InChI=1S/C17H25N3O/c1-5-18-9-15-8-6-7-14(4)17(15)21-11-16-10-19-12-20(16)13(2)3/h6-8,10,12-13,18H,5,9,11H2,1-4H3. The van der Waals surface area contributed by atoms with Gasteiger partial charge in [0.25, 0.3) is 0 Å². The van der Waals surface area contributed by atoms with Gasteiger partial charge in [0.2, 0.25) is 0 Å². The molecule has 1 N–H and O–H groups in total. The molecule has 0 bridgehead atoms. The second-order valence-electron chi connectivity index (χ2n) is 5.52. The van der Waals surface area contributed by atoms with Gasteiger partial charge in [-0.1, -0.05) is 25.1 Å². The zero-order valence-corrected chi connectivity index (χ0v) is 13.4. The van der Waals surface area contributed by atoms with Crippen LogP contribution in [0.5, 0.6) is 5.75 Å². The van der Waals surface area contributed by atoms with E-state index in [0.717, 1.165) is 24.5 Å². The van der Waals surface area contributed by atoms with Crippen molar-refractivity contribution in [3.63, 3.8) is 0 Å². The first-order chi connectivity index (χ1) is 10.1. The second-order valence-corrected chi connectivity index (χ2v) is 5.52. The summed E-state index contributed by atoms with van der Waals surface area (Å²) in [7, 11) is 0. The number of aromatic nitrogens is 2. The summed E-state index contributed by atoms with van der Waals surface area (Å²) >= 11 is 0. The van der Waals surface area contributed by atoms with Crippen LogP contribution in [-0.2, 0) is 13.2 Å². The molecule has 0 aliphatic carbocycles. The van der Waals surface area contributed by atoms with E-state index in [1.165, 1.54) is 11.1 Å². The van der Waals surface area contributed by atoms with Crippen LogP contribution in [0.1, 0.15) is 43.6 Å². The topological polar surface area (TPSA) is 39.1 Å². The highest BCUT2D eigenvalue weighted by Gasteiger charge is 2.10. The number of hydrogen-bond acceptors (Lipinski definition) is 3. The summed E-state index contributed by atoms with van der Waals surface area (Å²) < 4.78 is 8.24. The Kier molecular flexibility index (Phi) is 5.39. The first kappa shape index (κ1) is 15.6. The van der Waals surface area contributed by atoms with Gasteiger partial charge in [-0.2, -0.15) is 0 Å². The Morgan fingerprint density at radius 2 is 2.14 bits per heavy atom. The summed E-state index contributed by atoms with van der Waals surface area (Å²) in [6.45, 7) is 10.8. The number of nitrogens with one attached hydrogen (secondary N) is 1. The molecule has 0 fully saturated rings. The van der Waals surface area contributed by atoms with Crippen LogP contribution >= 0.6 is 0 Å². The van der Waals surface area contributed by atoms with Gasteiger partial charge in [0.15, 0.2) is 0 Å². The van der Waals surface area contributed by atoms with Gasteiger partial charge < -0.3 is 14.6 Å². The Morgan fingerprint density at radius 1 is 1.33 bits per heavy atom. The fraction of sp³-hybridized carbons (Fsp3) is 0.471.